The average Bonchev–Trinajstić information content (AvgIpc) is 3.08. The molecule has 3 amide bonds. The van der Waals surface area contributed by atoms with E-state index in [2.05, 4.69) is 0 Å². The zero-order valence-corrected chi connectivity index (χ0v) is 15.0. The molecule has 8 heteroatoms. The summed E-state index contributed by atoms with van der Waals surface area (Å²) in [7, 11) is 0. The molecule has 0 spiro atoms. The first kappa shape index (κ1) is 16.7. The molecule has 1 aromatic rings. The zero-order chi connectivity index (χ0) is 17.7. The lowest BCUT2D eigenvalue weighted by Crippen LogP contribution is -2.69. The third kappa shape index (κ3) is 2.77. The van der Waals surface area contributed by atoms with Crippen molar-refractivity contribution in [2.24, 2.45) is 0 Å². The van der Waals surface area contributed by atoms with Crippen LogP contribution in [0.3, 0.4) is 0 Å². The number of piperazine rings is 2. The van der Waals surface area contributed by atoms with Gasteiger partial charge in [-0.25, -0.2) is 0 Å². The van der Waals surface area contributed by atoms with Gasteiger partial charge in [0.2, 0.25) is 11.8 Å². The lowest BCUT2D eigenvalue weighted by molar-refractivity contribution is -0.162. The highest BCUT2D eigenvalue weighted by Gasteiger charge is 2.49. The van der Waals surface area contributed by atoms with E-state index in [0.29, 0.717) is 35.2 Å². The monoisotopic (exact) mass is 381 g/mol. The van der Waals surface area contributed by atoms with E-state index in [-0.39, 0.29) is 30.3 Å². The molecule has 0 bridgehead atoms. The number of rotatable bonds is 1. The van der Waals surface area contributed by atoms with E-state index in [1.54, 1.807) is 32.9 Å². The number of fused-ring (bicyclic) bond motifs is 2. The fraction of sp³-hybridized carbons (Fsp3) is 0.471. The van der Waals surface area contributed by atoms with E-state index in [4.69, 9.17) is 23.2 Å². The van der Waals surface area contributed by atoms with Crippen molar-refractivity contribution in [3.63, 3.8) is 0 Å². The zero-order valence-electron chi connectivity index (χ0n) is 13.5. The second kappa shape index (κ2) is 6.18. The third-order valence-electron chi connectivity index (χ3n) is 5.17. The standard InChI is InChI=1S/C17H17Cl2N3O3/c18-11-6-10(7-12(19)8-11)15(23)20-4-5-22-14(9-20)17(25)21-3-1-2-13(21)16(22)24/h6-8,13-14H,1-5,9H2/t13-,14-/m1/s1. The van der Waals surface area contributed by atoms with Crippen molar-refractivity contribution in [2.45, 2.75) is 24.9 Å². The van der Waals surface area contributed by atoms with E-state index in [1.807, 2.05) is 0 Å². The second-order valence-corrected chi connectivity index (χ2v) is 7.52. The number of carbonyl (C=O) groups excluding carboxylic acids is 3. The quantitative estimate of drug-likeness (QED) is 0.742. The molecule has 3 fully saturated rings. The van der Waals surface area contributed by atoms with Crippen LogP contribution in [0.1, 0.15) is 23.2 Å². The third-order valence-corrected chi connectivity index (χ3v) is 5.60. The van der Waals surface area contributed by atoms with E-state index in [1.165, 1.54) is 0 Å². The Morgan fingerprint density at radius 2 is 1.56 bits per heavy atom. The molecule has 3 aliphatic rings. The van der Waals surface area contributed by atoms with Crippen LogP contribution in [-0.4, -0.2) is 70.7 Å². The van der Waals surface area contributed by atoms with Crippen LogP contribution in [0.5, 0.6) is 0 Å². The van der Waals surface area contributed by atoms with Crippen LogP contribution in [0.2, 0.25) is 10.0 Å². The van der Waals surface area contributed by atoms with Gasteiger partial charge in [-0.05, 0) is 31.0 Å². The summed E-state index contributed by atoms with van der Waals surface area (Å²) in [4.78, 5) is 43.1. The molecule has 0 aliphatic carbocycles. The Bertz CT molecular complexity index is 749. The molecule has 132 valence electrons. The minimum Gasteiger partial charge on any atom is -0.334 e. The van der Waals surface area contributed by atoms with Gasteiger partial charge in [0.05, 0.1) is 6.54 Å². The van der Waals surface area contributed by atoms with Gasteiger partial charge in [0.15, 0.2) is 0 Å². The van der Waals surface area contributed by atoms with Gasteiger partial charge >= 0.3 is 0 Å². The summed E-state index contributed by atoms with van der Waals surface area (Å²) in [5, 5.41) is 0.775. The summed E-state index contributed by atoms with van der Waals surface area (Å²) in [6, 6.07) is 3.79. The number of benzene rings is 1. The van der Waals surface area contributed by atoms with E-state index < -0.39 is 6.04 Å². The maximum absolute atomic E-state index is 12.8. The van der Waals surface area contributed by atoms with E-state index in [0.717, 1.165) is 12.8 Å². The largest absolute Gasteiger partial charge is 0.334 e. The van der Waals surface area contributed by atoms with Crippen LogP contribution >= 0.6 is 23.2 Å². The molecule has 2 atom stereocenters. The number of nitrogens with zero attached hydrogens (tertiary/aromatic N) is 3. The number of hydrogen-bond donors (Lipinski definition) is 0. The molecule has 0 N–H and O–H groups in total. The second-order valence-electron chi connectivity index (χ2n) is 6.65. The minimum absolute atomic E-state index is 0.0139. The number of halogens is 2. The fourth-order valence-electron chi connectivity index (χ4n) is 3.97. The number of hydrogen-bond acceptors (Lipinski definition) is 3. The first-order valence-corrected chi connectivity index (χ1v) is 9.07. The molecule has 3 heterocycles. The molecule has 0 saturated carbocycles. The molecular weight excluding hydrogens is 365 g/mol. The van der Waals surface area contributed by atoms with Crippen LogP contribution in [0, 0.1) is 0 Å². The molecular formula is C17H17Cl2N3O3. The maximum Gasteiger partial charge on any atom is 0.254 e. The molecule has 3 aliphatic heterocycles. The summed E-state index contributed by atoms with van der Waals surface area (Å²) in [6.07, 6.45) is 1.59. The predicted molar refractivity (Wildman–Crippen MR) is 92.6 cm³/mol. The van der Waals surface area contributed by atoms with Crippen molar-refractivity contribution in [3.8, 4) is 0 Å². The normalized spacial score (nSPS) is 25.9. The number of amides is 3. The van der Waals surface area contributed by atoms with Crippen molar-refractivity contribution in [3.05, 3.63) is 33.8 Å². The lowest BCUT2D eigenvalue weighted by Gasteiger charge is -2.47. The van der Waals surface area contributed by atoms with Gasteiger partial charge in [-0.15, -0.1) is 0 Å². The average molecular weight is 382 g/mol. The smallest absolute Gasteiger partial charge is 0.254 e. The molecule has 1 aromatic carbocycles. The Morgan fingerprint density at radius 1 is 0.920 bits per heavy atom. The summed E-state index contributed by atoms with van der Waals surface area (Å²) in [5.74, 6) is -0.267. The Hall–Kier alpha value is -1.79. The molecule has 0 radical (unpaired) electrons. The highest BCUT2D eigenvalue weighted by Crippen LogP contribution is 2.29. The van der Waals surface area contributed by atoms with Crippen LogP contribution in [0.25, 0.3) is 0 Å². The highest BCUT2D eigenvalue weighted by molar-refractivity contribution is 6.35. The van der Waals surface area contributed by atoms with Crippen molar-refractivity contribution in [1.82, 2.24) is 14.7 Å². The van der Waals surface area contributed by atoms with Gasteiger partial charge < -0.3 is 14.7 Å². The fourth-order valence-corrected chi connectivity index (χ4v) is 4.50. The molecule has 4 rings (SSSR count). The van der Waals surface area contributed by atoms with Gasteiger partial charge in [-0.1, -0.05) is 23.2 Å². The van der Waals surface area contributed by atoms with Crippen molar-refractivity contribution in [1.29, 1.82) is 0 Å². The maximum atomic E-state index is 12.8. The van der Waals surface area contributed by atoms with Gasteiger partial charge in [-0.2, -0.15) is 0 Å². The minimum atomic E-state index is -0.589. The molecule has 0 unspecified atom stereocenters. The van der Waals surface area contributed by atoms with Crippen LogP contribution < -0.4 is 0 Å². The summed E-state index contributed by atoms with van der Waals surface area (Å²) in [6.45, 7) is 1.60. The Labute approximate surface area is 155 Å². The van der Waals surface area contributed by atoms with E-state index >= 15 is 0 Å². The van der Waals surface area contributed by atoms with Crippen molar-refractivity contribution < 1.29 is 14.4 Å². The van der Waals surface area contributed by atoms with E-state index in [9.17, 15) is 14.4 Å². The van der Waals surface area contributed by atoms with Crippen LogP contribution in [0.15, 0.2) is 18.2 Å². The SMILES string of the molecule is O=C(c1cc(Cl)cc(Cl)c1)N1CCN2C(=O)[C@H]3CCCN3C(=O)[C@H]2C1. The van der Waals surface area contributed by atoms with Gasteiger partial charge in [0.25, 0.3) is 5.91 Å². The van der Waals surface area contributed by atoms with Crippen molar-refractivity contribution >= 4 is 40.9 Å². The molecule has 25 heavy (non-hydrogen) atoms. The molecule has 0 aromatic heterocycles. The first-order chi connectivity index (χ1) is 12.0. The predicted octanol–water partition coefficient (Wildman–Crippen LogP) is 1.65. The van der Waals surface area contributed by atoms with Crippen molar-refractivity contribution in [2.75, 3.05) is 26.2 Å². The molecule has 6 nitrogen and oxygen atoms in total. The summed E-state index contributed by atoms with van der Waals surface area (Å²) in [5.41, 5.74) is 0.389. The Balaban J connectivity index is 1.56. The number of carbonyl (C=O) groups is 3. The Morgan fingerprint density at radius 3 is 2.28 bits per heavy atom. The Kier molecular flexibility index (Phi) is 4.12. The first-order valence-electron chi connectivity index (χ1n) is 8.32. The van der Waals surface area contributed by atoms with Gasteiger partial charge in [0.1, 0.15) is 12.1 Å². The molecule has 3 saturated heterocycles. The lowest BCUT2D eigenvalue weighted by atomic mass is 10.0. The summed E-state index contributed by atoms with van der Waals surface area (Å²) < 4.78 is 0. The van der Waals surface area contributed by atoms with Crippen LogP contribution in [-0.2, 0) is 9.59 Å². The highest BCUT2D eigenvalue weighted by atomic mass is 35.5. The van der Waals surface area contributed by atoms with Gasteiger partial charge in [0, 0.05) is 35.2 Å². The van der Waals surface area contributed by atoms with Gasteiger partial charge in [-0.3, -0.25) is 14.4 Å². The summed E-state index contributed by atoms with van der Waals surface area (Å²) >= 11 is 12.0. The topological polar surface area (TPSA) is 60.9 Å². The van der Waals surface area contributed by atoms with Crippen LogP contribution in [0.4, 0.5) is 0 Å².